The van der Waals surface area contributed by atoms with Crippen molar-refractivity contribution in [2.45, 2.75) is 32.6 Å². The van der Waals surface area contributed by atoms with Crippen molar-refractivity contribution >= 4 is 18.0 Å². The second-order valence-corrected chi connectivity index (χ2v) is 7.43. The predicted molar refractivity (Wildman–Crippen MR) is 132 cm³/mol. The van der Waals surface area contributed by atoms with E-state index in [9.17, 15) is 14.7 Å². The van der Waals surface area contributed by atoms with Crippen LogP contribution < -0.4 is 29.7 Å². The minimum absolute atomic E-state index is 0.0488. The van der Waals surface area contributed by atoms with Crippen LogP contribution in [0.25, 0.3) is 0 Å². The summed E-state index contributed by atoms with van der Waals surface area (Å²) in [4.78, 5) is 24.4. The number of carbonyl (C=O) groups excluding carboxylic acids is 2. The van der Waals surface area contributed by atoms with E-state index in [0.717, 1.165) is 12.8 Å². The first kappa shape index (κ1) is 27.3. The molecule has 2 rings (SSSR count). The van der Waals surface area contributed by atoms with Crippen LogP contribution in [0.15, 0.2) is 35.4 Å². The molecule has 3 N–H and O–H groups in total. The van der Waals surface area contributed by atoms with E-state index in [1.807, 2.05) is 6.92 Å². The fourth-order valence-electron chi connectivity index (χ4n) is 3.22. The van der Waals surface area contributed by atoms with Gasteiger partial charge in [-0.1, -0.05) is 6.42 Å². The van der Waals surface area contributed by atoms with Crippen molar-refractivity contribution in [2.75, 3.05) is 34.5 Å². The molecule has 0 radical (unpaired) electrons. The fraction of sp³-hybridized carbons (Fsp3) is 0.400. The zero-order valence-electron chi connectivity index (χ0n) is 20.6. The van der Waals surface area contributed by atoms with E-state index >= 15 is 0 Å². The van der Waals surface area contributed by atoms with Gasteiger partial charge in [0.15, 0.2) is 23.0 Å². The Morgan fingerprint density at radius 2 is 1.69 bits per heavy atom. The smallest absolute Gasteiger partial charge is 0.251 e. The minimum Gasteiger partial charge on any atom is -0.504 e. The largest absolute Gasteiger partial charge is 0.504 e. The summed E-state index contributed by atoms with van der Waals surface area (Å²) in [6, 6.07) is 8.00. The van der Waals surface area contributed by atoms with Crippen LogP contribution in [-0.2, 0) is 4.79 Å². The molecule has 2 aromatic carbocycles. The first-order valence-electron chi connectivity index (χ1n) is 11.3. The number of hydrazone groups is 1. The molecule has 0 saturated heterocycles. The van der Waals surface area contributed by atoms with Gasteiger partial charge in [-0.15, -0.1) is 0 Å². The van der Waals surface area contributed by atoms with Crippen molar-refractivity contribution in [1.29, 1.82) is 0 Å². The monoisotopic (exact) mass is 487 g/mol. The number of unbranched alkanes of at least 4 members (excludes halogenated alkanes) is 2. The number of methoxy groups -OCH3 is 3. The van der Waals surface area contributed by atoms with E-state index < -0.39 is 0 Å². The SMILES string of the molecule is CCOc1cc(C=NNC(=O)CCCCCNC(=O)c2cc(OC)c(OC)c(OC)c2)ccc1O. The molecule has 0 saturated carbocycles. The quantitative estimate of drug-likeness (QED) is 0.212. The molecule has 190 valence electrons. The Morgan fingerprint density at radius 1 is 0.971 bits per heavy atom. The second-order valence-electron chi connectivity index (χ2n) is 7.43. The number of nitrogens with one attached hydrogen (secondary N) is 2. The zero-order valence-corrected chi connectivity index (χ0v) is 20.6. The van der Waals surface area contributed by atoms with Crippen LogP contribution >= 0.6 is 0 Å². The Balaban J connectivity index is 1.69. The molecule has 0 unspecified atom stereocenters. The third kappa shape index (κ3) is 8.40. The Hall–Kier alpha value is -3.95. The van der Waals surface area contributed by atoms with Crippen molar-refractivity contribution < 1.29 is 33.6 Å². The predicted octanol–water partition coefficient (Wildman–Crippen LogP) is 3.26. The topological polar surface area (TPSA) is 128 Å². The van der Waals surface area contributed by atoms with Gasteiger partial charge in [-0.25, -0.2) is 5.43 Å². The number of ether oxygens (including phenoxy) is 4. The maximum atomic E-state index is 12.5. The normalized spacial score (nSPS) is 10.6. The molecular weight excluding hydrogens is 454 g/mol. The highest BCUT2D eigenvalue weighted by Gasteiger charge is 2.16. The van der Waals surface area contributed by atoms with Gasteiger partial charge in [0, 0.05) is 18.5 Å². The summed E-state index contributed by atoms with van der Waals surface area (Å²) in [6.07, 6.45) is 3.95. The van der Waals surface area contributed by atoms with Crippen LogP contribution in [-0.4, -0.2) is 57.6 Å². The van der Waals surface area contributed by atoms with Crippen LogP contribution in [0.3, 0.4) is 0 Å². The van der Waals surface area contributed by atoms with E-state index in [1.165, 1.54) is 33.6 Å². The Bertz CT molecular complexity index is 999. The van der Waals surface area contributed by atoms with Crippen molar-refractivity contribution in [1.82, 2.24) is 10.7 Å². The minimum atomic E-state index is -0.252. The summed E-state index contributed by atoms with van der Waals surface area (Å²) >= 11 is 0. The number of phenolic OH excluding ortho intramolecular Hbond substituents is 1. The highest BCUT2D eigenvalue weighted by molar-refractivity contribution is 5.95. The highest BCUT2D eigenvalue weighted by atomic mass is 16.5. The van der Waals surface area contributed by atoms with Crippen LogP contribution in [0.5, 0.6) is 28.7 Å². The molecule has 0 fully saturated rings. The van der Waals surface area contributed by atoms with E-state index in [0.29, 0.717) is 60.1 Å². The molecule has 10 nitrogen and oxygen atoms in total. The van der Waals surface area contributed by atoms with E-state index in [-0.39, 0.29) is 17.6 Å². The van der Waals surface area contributed by atoms with Crippen molar-refractivity contribution in [3.05, 3.63) is 41.5 Å². The second kappa shape index (κ2) is 14.3. The van der Waals surface area contributed by atoms with Crippen LogP contribution in [0.4, 0.5) is 0 Å². The maximum absolute atomic E-state index is 12.5. The molecule has 10 heteroatoms. The number of phenols is 1. The van der Waals surface area contributed by atoms with Gasteiger partial charge in [0.25, 0.3) is 5.91 Å². The molecule has 2 amide bonds. The Morgan fingerprint density at radius 3 is 2.31 bits per heavy atom. The maximum Gasteiger partial charge on any atom is 0.251 e. The number of aromatic hydroxyl groups is 1. The molecule has 0 atom stereocenters. The third-order valence-corrected chi connectivity index (χ3v) is 4.98. The molecule has 35 heavy (non-hydrogen) atoms. The number of nitrogens with zero attached hydrogens (tertiary/aromatic N) is 1. The molecule has 0 aliphatic rings. The van der Waals surface area contributed by atoms with Gasteiger partial charge in [-0.3, -0.25) is 9.59 Å². The van der Waals surface area contributed by atoms with Crippen molar-refractivity contribution in [3.63, 3.8) is 0 Å². The molecular formula is C25H33N3O7. The summed E-state index contributed by atoms with van der Waals surface area (Å²) in [5, 5.41) is 16.5. The molecule has 0 heterocycles. The van der Waals surface area contributed by atoms with E-state index in [2.05, 4.69) is 15.8 Å². The summed E-state index contributed by atoms with van der Waals surface area (Å²) in [7, 11) is 4.49. The van der Waals surface area contributed by atoms with Gasteiger partial charge in [0.2, 0.25) is 11.7 Å². The molecule has 0 spiro atoms. The highest BCUT2D eigenvalue weighted by Crippen LogP contribution is 2.38. The molecule has 0 aliphatic carbocycles. The lowest BCUT2D eigenvalue weighted by Crippen LogP contribution is -2.24. The number of benzene rings is 2. The number of hydrogen-bond acceptors (Lipinski definition) is 8. The summed E-state index contributed by atoms with van der Waals surface area (Å²) in [6.45, 7) is 2.72. The zero-order chi connectivity index (χ0) is 25.6. The molecule has 2 aromatic rings. The number of rotatable bonds is 14. The van der Waals surface area contributed by atoms with Crippen molar-refractivity contribution in [2.24, 2.45) is 5.10 Å². The Labute approximate surface area is 205 Å². The summed E-state index contributed by atoms with van der Waals surface area (Å²) < 4.78 is 21.1. The molecule has 0 aromatic heterocycles. The first-order chi connectivity index (χ1) is 16.9. The lowest BCUT2D eigenvalue weighted by molar-refractivity contribution is -0.121. The average molecular weight is 488 g/mol. The standard InChI is InChI=1S/C25H33N3O7/c1-5-35-20-13-17(10-11-19(20)29)16-27-28-23(30)9-7-6-8-12-26-25(31)18-14-21(32-2)24(34-4)22(15-18)33-3/h10-11,13-16,29H,5-9,12H2,1-4H3,(H,26,31)(H,28,30). The van der Waals surface area contributed by atoms with Gasteiger partial charge >= 0.3 is 0 Å². The van der Waals surface area contributed by atoms with E-state index in [1.54, 1.807) is 24.3 Å². The first-order valence-corrected chi connectivity index (χ1v) is 11.3. The Kier molecular flexibility index (Phi) is 11.2. The number of carbonyl (C=O) groups is 2. The number of hydrogen-bond donors (Lipinski definition) is 3. The number of amides is 2. The molecule has 0 aliphatic heterocycles. The summed E-state index contributed by atoms with van der Waals surface area (Å²) in [5.74, 6) is 1.20. The van der Waals surface area contributed by atoms with Gasteiger partial charge in [-0.05, 0) is 55.7 Å². The lowest BCUT2D eigenvalue weighted by atomic mass is 10.1. The molecule has 0 bridgehead atoms. The van der Waals surface area contributed by atoms with Gasteiger partial charge < -0.3 is 29.4 Å². The van der Waals surface area contributed by atoms with Gasteiger partial charge in [-0.2, -0.15) is 5.10 Å². The lowest BCUT2D eigenvalue weighted by Gasteiger charge is -2.14. The van der Waals surface area contributed by atoms with E-state index in [4.69, 9.17) is 18.9 Å². The van der Waals surface area contributed by atoms with Crippen LogP contribution in [0, 0.1) is 0 Å². The van der Waals surface area contributed by atoms with Gasteiger partial charge in [0.05, 0.1) is 34.2 Å². The van der Waals surface area contributed by atoms with Crippen molar-refractivity contribution in [3.8, 4) is 28.7 Å². The van der Waals surface area contributed by atoms with Crippen LogP contribution in [0.1, 0.15) is 48.5 Å². The summed E-state index contributed by atoms with van der Waals surface area (Å²) in [5.41, 5.74) is 3.57. The third-order valence-electron chi connectivity index (χ3n) is 4.98. The van der Waals surface area contributed by atoms with Crippen LogP contribution in [0.2, 0.25) is 0 Å². The van der Waals surface area contributed by atoms with Gasteiger partial charge in [0.1, 0.15) is 0 Å². The average Bonchev–Trinajstić information content (AvgIpc) is 2.86. The fourth-order valence-corrected chi connectivity index (χ4v) is 3.22.